The van der Waals surface area contributed by atoms with Crippen molar-refractivity contribution in [2.24, 2.45) is 0 Å². The van der Waals surface area contributed by atoms with Gasteiger partial charge < -0.3 is 13.9 Å². The molecule has 0 aliphatic carbocycles. The molecule has 0 radical (unpaired) electrons. The predicted octanol–water partition coefficient (Wildman–Crippen LogP) is 14.1. The third kappa shape index (κ3) is 4.61. The van der Waals surface area contributed by atoms with Crippen LogP contribution in [0.25, 0.3) is 82.1 Å². The Morgan fingerprint density at radius 1 is 0.415 bits per heavy atom. The molecule has 0 atom stereocenters. The summed E-state index contributed by atoms with van der Waals surface area (Å²) in [6, 6.07) is 69.7. The second-order valence-electron chi connectivity index (χ2n) is 13.7. The number of hydrogen-bond acceptors (Lipinski definition) is 2. The maximum absolute atomic E-state index is 6.72. The smallest absolute Gasteiger partial charge is 0.143 e. The molecule has 3 heteroatoms. The number of rotatable bonds is 5. The fraction of sp³-hybridized carbons (Fsp3) is 0. The van der Waals surface area contributed by atoms with Crippen molar-refractivity contribution < 1.29 is 4.42 Å². The van der Waals surface area contributed by atoms with Crippen LogP contribution in [0.15, 0.2) is 199 Å². The number of anilines is 3. The van der Waals surface area contributed by atoms with Gasteiger partial charge in [0.1, 0.15) is 11.2 Å². The molecule has 0 amide bonds. The number of para-hydroxylation sites is 1. The van der Waals surface area contributed by atoms with Crippen molar-refractivity contribution in [1.82, 2.24) is 4.57 Å². The van der Waals surface area contributed by atoms with E-state index in [2.05, 4.69) is 204 Å². The molecule has 9 aromatic carbocycles. The predicted molar refractivity (Wildman–Crippen MR) is 223 cm³/mol. The monoisotopic (exact) mass is 676 g/mol. The number of nitrogens with zero attached hydrogens (tertiary/aromatic N) is 2. The zero-order valence-corrected chi connectivity index (χ0v) is 28.8. The van der Waals surface area contributed by atoms with E-state index in [-0.39, 0.29) is 0 Å². The van der Waals surface area contributed by atoms with Crippen LogP contribution in [0.1, 0.15) is 0 Å². The zero-order valence-electron chi connectivity index (χ0n) is 28.8. The van der Waals surface area contributed by atoms with Crippen molar-refractivity contribution in [2.45, 2.75) is 0 Å². The Hall–Kier alpha value is -7.10. The Kier molecular flexibility index (Phi) is 6.55. The average molecular weight is 677 g/mol. The van der Waals surface area contributed by atoms with Crippen molar-refractivity contribution in [1.29, 1.82) is 0 Å². The van der Waals surface area contributed by atoms with Gasteiger partial charge in [0.15, 0.2) is 0 Å². The third-order valence-corrected chi connectivity index (χ3v) is 10.7. The largest absolute Gasteiger partial charge is 0.455 e. The van der Waals surface area contributed by atoms with Crippen molar-refractivity contribution in [3.8, 4) is 16.8 Å². The molecule has 0 saturated carbocycles. The highest BCUT2D eigenvalue weighted by Crippen LogP contribution is 2.46. The van der Waals surface area contributed by atoms with Crippen LogP contribution in [0.2, 0.25) is 0 Å². The van der Waals surface area contributed by atoms with Crippen LogP contribution in [0.5, 0.6) is 0 Å². The summed E-state index contributed by atoms with van der Waals surface area (Å²) in [5.74, 6) is 0. The summed E-state index contributed by atoms with van der Waals surface area (Å²) in [5, 5.41) is 9.39. The minimum absolute atomic E-state index is 0.865. The third-order valence-electron chi connectivity index (χ3n) is 10.7. The molecule has 3 nitrogen and oxygen atoms in total. The van der Waals surface area contributed by atoms with Crippen LogP contribution >= 0.6 is 0 Å². The molecule has 0 fully saturated rings. The van der Waals surface area contributed by atoms with Gasteiger partial charge in [0.25, 0.3) is 0 Å². The Morgan fingerprint density at radius 3 is 1.89 bits per heavy atom. The van der Waals surface area contributed by atoms with E-state index in [0.717, 1.165) is 61.2 Å². The molecule has 0 aliphatic heterocycles. The normalized spacial score (nSPS) is 11.8. The molecule has 0 spiro atoms. The van der Waals surface area contributed by atoms with Crippen molar-refractivity contribution >= 4 is 82.4 Å². The summed E-state index contributed by atoms with van der Waals surface area (Å²) in [5.41, 5.74) is 10.8. The standard InChI is InChI=1S/C50H32N2O/c1-3-13-33(14-4-1)36-17-11-20-38(31-36)51(45-23-12-24-47-48(45)44-29-26-35-16-8-10-22-41(35)50(44)53-47)39-27-30-42-43-28-25-34-15-7-9-21-40(34)49(43)52(46(42)32-39)37-18-5-2-6-19-37/h1-32H. The minimum atomic E-state index is 0.865. The lowest BCUT2D eigenvalue weighted by Gasteiger charge is -2.27. The van der Waals surface area contributed by atoms with E-state index in [9.17, 15) is 0 Å². The van der Waals surface area contributed by atoms with Gasteiger partial charge in [-0.05, 0) is 76.5 Å². The molecule has 248 valence electrons. The van der Waals surface area contributed by atoms with Gasteiger partial charge in [-0.3, -0.25) is 0 Å². The Labute approximate surface area is 306 Å². The number of benzene rings is 9. The van der Waals surface area contributed by atoms with Gasteiger partial charge in [0.2, 0.25) is 0 Å². The van der Waals surface area contributed by atoms with Gasteiger partial charge in [0, 0.05) is 44.0 Å². The van der Waals surface area contributed by atoms with Crippen LogP contribution in [-0.4, -0.2) is 4.57 Å². The zero-order chi connectivity index (χ0) is 34.9. The molecule has 53 heavy (non-hydrogen) atoms. The van der Waals surface area contributed by atoms with Gasteiger partial charge in [-0.25, -0.2) is 0 Å². The van der Waals surface area contributed by atoms with E-state index in [1.54, 1.807) is 0 Å². The van der Waals surface area contributed by atoms with Crippen LogP contribution in [-0.2, 0) is 0 Å². The quantitative estimate of drug-likeness (QED) is 0.181. The summed E-state index contributed by atoms with van der Waals surface area (Å²) < 4.78 is 9.16. The summed E-state index contributed by atoms with van der Waals surface area (Å²) in [6.07, 6.45) is 0. The lowest BCUT2D eigenvalue weighted by Crippen LogP contribution is -2.10. The highest BCUT2D eigenvalue weighted by atomic mass is 16.3. The van der Waals surface area contributed by atoms with Crippen molar-refractivity contribution in [3.63, 3.8) is 0 Å². The summed E-state index contributed by atoms with van der Waals surface area (Å²) >= 11 is 0. The number of furan rings is 1. The maximum atomic E-state index is 6.72. The van der Waals surface area contributed by atoms with Crippen LogP contribution in [0, 0.1) is 0 Å². The Morgan fingerprint density at radius 2 is 1.06 bits per heavy atom. The minimum Gasteiger partial charge on any atom is -0.455 e. The lowest BCUT2D eigenvalue weighted by atomic mass is 10.0. The van der Waals surface area contributed by atoms with E-state index >= 15 is 0 Å². The highest BCUT2D eigenvalue weighted by molar-refractivity contribution is 6.21. The molecule has 0 unspecified atom stereocenters. The molecule has 11 aromatic rings. The molecule has 0 bridgehead atoms. The molecule has 11 rings (SSSR count). The van der Waals surface area contributed by atoms with E-state index in [1.165, 1.54) is 38.0 Å². The van der Waals surface area contributed by atoms with Gasteiger partial charge in [0.05, 0.1) is 22.1 Å². The molecule has 0 N–H and O–H groups in total. The topological polar surface area (TPSA) is 21.3 Å². The van der Waals surface area contributed by atoms with Gasteiger partial charge in [-0.15, -0.1) is 0 Å². The summed E-state index contributed by atoms with van der Waals surface area (Å²) in [6.45, 7) is 0. The van der Waals surface area contributed by atoms with E-state index in [1.807, 2.05) is 0 Å². The number of hydrogen-bond donors (Lipinski definition) is 0. The number of fused-ring (bicyclic) bond motifs is 10. The van der Waals surface area contributed by atoms with Crippen LogP contribution in [0.3, 0.4) is 0 Å². The fourth-order valence-electron chi connectivity index (χ4n) is 8.35. The summed E-state index contributed by atoms with van der Waals surface area (Å²) in [7, 11) is 0. The highest BCUT2D eigenvalue weighted by Gasteiger charge is 2.23. The summed E-state index contributed by atoms with van der Waals surface area (Å²) in [4.78, 5) is 2.41. The van der Waals surface area contributed by atoms with E-state index in [0.29, 0.717) is 0 Å². The molecule has 2 heterocycles. The van der Waals surface area contributed by atoms with Crippen LogP contribution < -0.4 is 4.90 Å². The lowest BCUT2D eigenvalue weighted by molar-refractivity contribution is 0.672. The molecule has 2 aromatic heterocycles. The molecular formula is C50H32N2O. The van der Waals surface area contributed by atoms with Crippen molar-refractivity contribution in [3.05, 3.63) is 194 Å². The van der Waals surface area contributed by atoms with Gasteiger partial charge in [-0.1, -0.05) is 140 Å². The maximum Gasteiger partial charge on any atom is 0.143 e. The molecular weight excluding hydrogens is 645 g/mol. The van der Waals surface area contributed by atoms with Gasteiger partial charge in [-0.2, -0.15) is 0 Å². The first-order valence-corrected chi connectivity index (χ1v) is 18.1. The Bertz CT molecular complexity index is 3170. The van der Waals surface area contributed by atoms with Crippen LogP contribution in [0.4, 0.5) is 17.1 Å². The fourth-order valence-corrected chi connectivity index (χ4v) is 8.35. The van der Waals surface area contributed by atoms with Crippen molar-refractivity contribution in [2.75, 3.05) is 4.90 Å². The second-order valence-corrected chi connectivity index (χ2v) is 13.7. The SMILES string of the molecule is c1ccc(-c2cccc(N(c3ccc4c5ccc6ccccc6c5n(-c5ccccc5)c4c3)c3cccc4oc5c6ccccc6ccc5c34)c2)cc1. The first kappa shape index (κ1) is 29.6. The first-order chi connectivity index (χ1) is 26.3. The average Bonchev–Trinajstić information content (AvgIpc) is 3.78. The van der Waals surface area contributed by atoms with E-state index in [4.69, 9.17) is 4.42 Å². The Balaban J connectivity index is 1.23. The molecule has 0 saturated heterocycles. The van der Waals surface area contributed by atoms with E-state index < -0.39 is 0 Å². The van der Waals surface area contributed by atoms with Gasteiger partial charge >= 0.3 is 0 Å². The number of aromatic nitrogens is 1. The first-order valence-electron chi connectivity index (χ1n) is 18.1. The second kappa shape index (κ2) is 11.7. The molecule has 0 aliphatic rings.